The first kappa shape index (κ1) is 13.5. The third-order valence-corrected chi connectivity index (χ3v) is 2.96. The highest BCUT2D eigenvalue weighted by Crippen LogP contribution is 2.28. The van der Waals surface area contributed by atoms with E-state index in [0.717, 1.165) is 4.47 Å². The fourth-order valence-electron chi connectivity index (χ4n) is 1.06. The number of amides is 1. The minimum Gasteiger partial charge on any atom is -0.497 e. The van der Waals surface area contributed by atoms with Crippen molar-refractivity contribution in [3.8, 4) is 11.8 Å². The number of nitriles is 1. The number of rotatable bonds is 3. The molecule has 1 aromatic rings. The molecule has 1 amide bonds. The van der Waals surface area contributed by atoms with Crippen molar-refractivity contribution in [2.45, 2.75) is 13.8 Å². The number of halogens is 1. The van der Waals surface area contributed by atoms with Crippen molar-refractivity contribution in [3.05, 3.63) is 22.7 Å². The maximum Gasteiger partial charge on any atom is 0.244 e. The highest BCUT2D eigenvalue weighted by atomic mass is 79.9. The summed E-state index contributed by atoms with van der Waals surface area (Å²) in [4.78, 5) is 11.8. The highest BCUT2D eigenvalue weighted by Gasteiger charge is 2.27. The third kappa shape index (κ3) is 3.21. The van der Waals surface area contributed by atoms with Gasteiger partial charge in [0, 0.05) is 10.5 Å². The van der Waals surface area contributed by atoms with E-state index in [9.17, 15) is 4.79 Å². The largest absolute Gasteiger partial charge is 0.497 e. The van der Waals surface area contributed by atoms with Gasteiger partial charge in [0.15, 0.2) is 0 Å². The van der Waals surface area contributed by atoms with Gasteiger partial charge in [-0.05, 0) is 41.9 Å². The first-order valence-electron chi connectivity index (χ1n) is 4.97. The molecule has 0 aromatic heterocycles. The van der Waals surface area contributed by atoms with E-state index in [2.05, 4.69) is 21.2 Å². The van der Waals surface area contributed by atoms with Crippen LogP contribution in [0.5, 0.6) is 5.75 Å². The van der Waals surface area contributed by atoms with Crippen molar-refractivity contribution in [2.75, 3.05) is 12.4 Å². The second-order valence-electron chi connectivity index (χ2n) is 4.04. The molecule has 90 valence electrons. The Morgan fingerprint density at radius 3 is 2.71 bits per heavy atom. The second-order valence-corrected chi connectivity index (χ2v) is 4.89. The Kier molecular flexibility index (Phi) is 4.13. The fraction of sp³-hybridized carbons (Fsp3) is 0.333. The van der Waals surface area contributed by atoms with E-state index in [-0.39, 0.29) is 5.91 Å². The van der Waals surface area contributed by atoms with Crippen molar-refractivity contribution in [1.82, 2.24) is 0 Å². The molecular formula is C12H13BrN2O2. The van der Waals surface area contributed by atoms with Crippen LogP contribution in [0.25, 0.3) is 0 Å². The Bertz CT molecular complexity index is 478. The quantitative estimate of drug-likeness (QED) is 0.933. The number of hydrogen-bond donors (Lipinski definition) is 1. The van der Waals surface area contributed by atoms with Crippen molar-refractivity contribution in [1.29, 1.82) is 5.26 Å². The number of ether oxygens (including phenoxy) is 1. The normalized spacial score (nSPS) is 10.5. The average Bonchev–Trinajstić information content (AvgIpc) is 2.31. The van der Waals surface area contributed by atoms with Crippen LogP contribution in [0.4, 0.5) is 5.69 Å². The van der Waals surface area contributed by atoms with Crippen LogP contribution in [-0.4, -0.2) is 13.0 Å². The van der Waals surface area contributed by atoms with Crippen LogP contribution < -0.4 is 10.1 Å². The fourth-order valence-corrected chi connectivity index (χ4v) is 1.40. The molecule has 0 radical (unpaired) electrons. The maximum absolute atomic E-state index is 11.8. The number of anilines is 1. The van der Waals surface area contributed by atoms with Gasteiger partial charge in [-0.3, -0.25) is 4.79 Å². The van der Waals surface area contributed by atoms with E-state index < -0.39 is 5.41 Å². The SMILES string of the molecule is COc1ccc(Br)c(NC(=O)C(C)(C)C#N)c1. The van der Waals surface area contributed by atoms with Gasteiger partial charge in [-0.25, -0.2) is 0 Å². The van der Waals surface area contributed by atoms with E-state index >= 15 is 0 Å². The molecule has 0 atom stereocenters. The molecule has 0 spiro atoms. The molecule has 1 aromatic carbocycles. The summed E-state index contributed by atoms with van der Waals surface area (Å²) in [5.74, 6) is 0.284. The number of nitrogens with zero attached hydrogens (tertiary/aromatic N) is 1. The number of nitrogens with one attached hydrogen (secondary N) is 1. The van der Waals surface area contributed by atoms with Crippen LogP contribution in [0.3, 0.4) is 0 Å². The molecule has 5 heteroatoms. The van der Waals surface area contributed by atoms with Gasteiger partial charge in [0.1, 0.15) is 11.2 Å². The lowest BCUT2D eigenvalue weighted by molar-refractivity contribution is -0.121. The predicted molar refractivity (Wildman–Crippen MR) is 68.7 cm³/mol. The molecule has 0 saturated heterocycles. The second kappa shape index (κ2) is 5.19. The van der Waals surface area contributed by atoms with Crippen LogP contribution in [0.2, 0.25) is 0 Å². The molecule has 0 aliphatic rings. The summed E-state index contributed by atoms with van der Waals surface area (Å²) in [7, 11) is 1.55. The Morgan fingerprint density at radius 2 is 2.18 bits per heavy atom. The zero-order chi connectivity index (χ0) is 13.1. The lowest BCUT2D eigenvalue weighted by Gasteiger charge is -2.16. The monoisotopic (exact) mass is 296 g/mol. The smallest absolute Gasteiger partial charge is 0.244 e. The summed E-state index contributed by atoms with van der Waals surface area (Å²) < 4.78 is 5.80. The van der Waals surface area contributed by atoms with Crippen LogP contribution in [0.15, 0.2) is 22.7 Å². The molecule has 1 rings (SSSR count). The van der Waals surface area contributed by atoms with Crippen molar-refractivity contribution in [2.24, 2.45) is 5.41 Å². The Balaban J connectivity index is 2.96. The van der Waals surface area contributed by atoms with Crippen LogP contribution in [-0.2, 0) is 4.79 Å². The standard InChI is InChI=1S/C12H13BrN2O2/c1-12(2,7-14)11(16)15-10-6-8(17-3)4-5-9(10)13/h4-6H,1-3H3,(H,15,16). The van der Waals surface area contributed by atoms with Gasteiger partial charge in [-0.2, -0.15) is 5.26 Å². The number of carbonyl (C=O) groups is 1. The molecule has 0 aliphatic heterocycles. The Hall–Kier alpha value is -1.54. The summed E-state index contributed by atoms with van der Waals surface area (Å²) >= 11 is 3.32. The van der Waals surface area contributed by atoms with Gasteiger partial charge in [0.25, 0.3) is 0 Å². The summed E-state index contributed by atoms with van der Waals surface area (Å²) in [5, 5.41) is 11.6. The molecule has 0 saturated carbocycles. The first-order valence-corrected chi connectivity index (χ1v) is 5.76. The summed E-state index contributed by atoms with van der Waals surface area (Å²) in [5.41, 5.74) is -0.486. The zero-order valence-electron chi connectivity index (χ0n) is 9.87. The maximum atomic E-state index is 11.8. The summed E-state index contributed by atoms with van der Waals surface area (Å²) in [6, 6.07) is 7.19. The van der Waals surface area contributed by atoms with Gasteiger partial charge >= 0.3 is 0 Å². The lowest BCUT2D eigenvalue weighted by atomic mass is 9.94. The van der Waals surface area contributed by atoms with Gasteiger partial charge in [0.2, 0.25) is 5.91 Å². The van der Waals surface area contributed by atoms with Crippen molar-refractivity contribution < 1.29 is 9.53 Å². The first-order chi connectivity index (χ1) is 7.90. The molecule has 4 nitrogen and oxygen atoms in total. The molecule has 1 N–H and O–H groups in total. The summed E-state index contributed by atoms with van der Waals surface area (Å²) in [6.45, 7) is 3.13. The molecule has 0 unspecified atom stereocenters. The Morgan fingerprint density at radius 1 is 1.53 bits per heavy atom. The molecule has 0 heterocycles. The van der Waals surface area contributed by atoms with Gasteiger partial charge in [-0.1, -0.05) is 0 Å². The molecule has 0 bridgehead atoms. The number of benzene rings is 1. The topological polar surface area (TPSA) is 62.1 Å². The highest BCUT2D eigenvalue weighted by molar-refractivity contribution is 9.10. The summed E-state index contributed by atoms with van der Waals surface area (Å²) in [6.07, 6.45) is 0. The predicted octanol–water partition coefficient (Wildman–Crippen LogP) is 2.95. The molecule has 0 fully saturated rings. The lowest BCUT2D eigenvalue weighted by Crippen LogP contribution is -2.29. The minimum atomic E-state index is -1.07. The zero-order valence-corrected chi connectivity index (χ0v) is 11.5. The van der Waals surface area contributed by atoms with E-state index in [4.69, 9.17) is 10.00 Å². The molecular weight excluding hydrogens is 284 g/mol. The third-order valence-electron chi connectivity index (χ3n) is 2.27. The van der Waals surface area contributed by atoms with Gasteiger partial charge in [-0.15, -0.1) is 0 Å². The Labute approximate surface area is 109 Å². The minimum absolute atomic E-state index is 0.353. The average molecular weight is 297 g/mol. The van der Waals surface area contributed by atoms with Crippen LogP contribution in [0.1, 0.15) is 13.8 Å². The van der Waals surface area contributed by atoms with E-state index in [1.54, 1.807) is 39.2 Å². The van der Waals surface area contributed by atoms with Crippen molar-refractivity contribution >= 4 is 27.5 Å². The molecule has 17 heavy (non-hydrogen) atoms. The van der Waals surface area contributed by atoms with E-state index in [1.165, 1.54) is 0 Å². The van der Waals surface area contributed by atoms with E-state index in [1.807, 2.05) is 6.07 Å². The van der Waals surface area contributed by atoms with Crippen LogP contribution in [0, 0.1) is 16.7 Å². The van der Waals surface area contributed by atoms with Crippen LogP contribution >= 0.6 is 15.9 Å². The number of methoxy groups -OCH3 is 1. The van der Waals surface area contributed by atoms with Crippen molar-refractivity contribution in [3.63, 3.8) is 0 Å². The molecule has 0 aliphatic carbocycles. The number of hydrogen-bond acceptors (Lipinski definition) is 3. The number of carbonyl (C=O) groups excluding carboxylic acids is 1. The van der Waals surface area contributed by atoms with Gasteiger partial charge < -0.3 is 10.1 Å². The van der Waals surface area contributed by atoms with E-state index in [0.29, 0.717) is 11.4 Å². The van der Waals surface area contributed by atoms with Gasteiger partial charge in [0.05, 0.1) is 18.9 Å².